The molecule has 0 aromatic heterocycles. The van der Waals surface area contributed by atoms with Gasteiger partial charge in [-0.1, -0.05) is 49.1 Å². The smallest absolute Gasteiger partial charge is 0.120 e. The van der Waals surface area contributed by atoms with Gasteiger partial charge in [-0.3, -0.25) is 0 Å². The zero-order valence-electron chi connectivity index (χ0n) is 14.3. The molecule has 0 amide bonds. The first-order chi connectivity index (χ1) is 11.8. The van der Waals surface area contributed by atoms with Crippen molar-refractivity contribution in [3.63, 3.8) is 0 Å². The van der Waals surface area contributed by atoms with Crippen LogP contribution in [0.3, 0.4) is 0 Å². The molecule has 1 N–H and O–H groups in total. The van der Waals surface area contributed by atoms with E-state index in [0.29, 0.717) is 6.61 Å². The van der Waals surface area contributed by atoms with Gasteiger partial charge in [-0.2, -0.15) is 0 Å². The third kappa shape index (κ3) is 3.60. The standard InChI is InChI=1S/C22H25NO/c1-17-19-10-6-7-11-20(19)21-13-12-18(16-22(17)21)24-15-9-5-3-4-8-14-23-2/h5-7,9-13,16,23H,1,3-4,8,14-15H2,2H3/b9-5-. The lowest BCUT2D eigenvalue weighted by molar-refractivity contribution is 0.362. The van der Waals surface area contributed by atoms with Crippen molar-refractivity contribution in [1.29, 1.82) is 0 Å². The highest BCUT2D eigenvalue weighted by Gasteiger charge is 2.21. The van der Waals surface area contributed by atoms with Crippen LogP contribution in [-0.4, -0.2) is 20.2 Å². The average molecular weight is 319 g/mol. The first kappa shape index (κ1) is 16.5. The summed E-state index contributed by atoms with van der Waals surface area (Å²) in [4.78, 5) is 0. The predicted molar refractivity (Wildman–Crippen MR) is 102 cm³/mol. The molecular formula is C22H25NO. The van der Waals surface area contributed by atoms with Gasteiger partial charge in [0.1, 0.15) is 12.4 Å². The molecule has 0 spiro atoms. The van der Waals surface area contributed by atoms with Gasteiger partial charge >= 0.3 is 0 Å². The van der Waals surface area contributed by atoms with Crippen molar-refractivity contribution in [3.05, 3.63) is 72.3 Å². The van der Waals surface area contributed by atoms with Crippen molar-refractivity contribution in [2.75, 3.05) is 20.2 Å². The summed E-state index contributed by atoms with van der Waals surface area (Å²) in [5.41, 5.74) is 6.02. The Bertz CT molecular complexity index is 745. The molecule has 24 heavy (non-hydrogen) atoms. The molecule has 0 heterocycles. The lowest BCUT2D eigenvalue weighted by Crippen LogP contribution is -2.06. The summed E-state index contributed by atoms with van der Waals surface area (Å²) in [7, 11) is 1.99. The van der Waals surface area contributed by atoms with Crippen LogP contribution in [0.1, 0.15) is 30.4 Å². The topological polar surface area (TPSA) is 21.3 Å². The fourth-order valence-corrected chi connectivity index (χ4v) is 3.12. The fourth-order valence-electron chi connectivity index (χ4n) is 3.12. The third-order valence-electron chi connectivity index (χ3n) is 4.42. The van der Waals surface area contributed by atoms with Crippen molar-refractivity contribution in [1.82, 2.24) is 5.32 Å². The normalized spacial score (nSPS) is 12.5. The van der Waals surface area contributed by atoms with Crippen LogP contribution in [0.15, 0.2) is 61.2 Å². The molecule has 1 aliphatic carbocycles. The quantitative estimate of drug-likeness (QED) is 0.463. The zero-order valence-corrected chi connectivity index (χ0v) is 14.3. The minimum Gasteiger partial charge on any atom is -0.490 e. The summed E-state index contributed by atoms with van der Waals surface area (Å²) >= 11 is 0. The average Bonchev–Trinajstić information content (AvgIpc) is 2.90. The number of ether oxygens (including phenoxy) is 1. The fraction of sp³-hybridized carbons (Fsp3) is 0.273. The Morgan fingerprint density at radius 2 is 1.75 bits per heavy atom. The highest BCUT2D eigenvalue weighted by atomic mass is 16.5. The molecule has 0 unspecified atom stereocenters. The number of nitrogens with one attached hydrogen (secondary N) is 1. The van der Waals surface area contributed by atoms with E-state index in [-0.39, 0.29) is 0 Å². The van der Waals surface area contributed by atoms with Crippen molar-refractivity contribution in [2.24, 2.45) is 0 Å². The Morgan fingerprint density at radius 1 is 0.958 bits per heavy atom. The van der Waals surface area contributed by atoms with E-state index in [1.54, 1.807) is 0 Å². The number of rotatable bonds is 8. The van der Waals surface area contributed by atoms with E-state index in [1.807, 2.05) is 7.05 Å². The van der Waals surface area contributed by atoms with E-state index < -0.39 is 0 Å². The van der Waals surface area contributed by atoms with E-state index >= 15 is 0 Å². The molecule has 0 fully saturated rings. The first-order valence-corrected chi connectivity index (χ1v) is 8.67. The summed E-state index contributed by atoms with van der Waals surface area (Å²) in [6, 6.07) is 14.7. The van der Waals surface area contributed by atoms with Crippen molar-refractivity contribution < 1.29 is 4.74 Å². The van der Waals surface area contributed by atoms with Gasteiger partial charge in [0.25, 0.3) is 0 Å². The van der Waals surface area contributed by atoms with Gasteiger partial charge in [0.05, 0.1) is 0 Å². The second kappa shape index (κ2) is 7.98. The largest absolute Gasteiger partial charge is 0.490 e. The van der Waals surface area contributed by atoms with E-state index in [4.69, 9.17) is 4.74 Å². The van der Waals surface area contributed by atoms with Gasteiger partial charge in [-0.05, 0) is 72.8 Å². The van der Waals surface area contributed by atoms with Gasteiger partial charge in [-0.25, -0.2) is 0 Å². The molecule has 2 aromatic carbocycles. The molecule has 2 heteroatoms. The molecular weight excluding hydrogens is 294 g/mol. The Hall–Kier alpha value is -2.32. The molecule has 124 valence electrons. The van der Waals surface area contributed by atoms with Crippen LogP contribution < -0.4 is 10.1 Å². The minimum atomic E-state index is 0.615. The Morgan fingerprint density at radius 3 is 2.58 bits per heavy atom. The molecule has 0 bridgehead atoms. The van der Waals surface area contributed by atoms with E-state index in [2.05, 4.69) is 66.5 Å². The second-order valence-electron chi connectivity index (χ2n) is 6.11. The van der Waals surface area contributed by atoms with Gasteiger partial charge in [-0.15, -0.1) is 0 Å². The lowest BCUT2D eigenvalue weighted by atomic mass is 10.1. The van der Waals surface area contributed by atoms with Gasteiger partial charge in [0.2, 0.25) is 0 Å². The van der Waals surface area contributed by atoms with Crippen LogP contribution in [0.5, 0.6) is 5.75 Å². The Kier molecular flexibility index (Phi) is 5.50. The third-order valence-corrected chi connectivity index (χ3v) is 4.42. The van der Waals surface area contributed by atoms with Crippen molar-refractivity contribution in [2.45, 2.75) is 19.3 Å². The zero-order chi connectivity index (χ0) is 16.8. The van der Waals surface area contributed by atoms with E-state index in [1.165, 1.54) is 35.1 Å². The van der Waals surface area contributed by atoms with Crippen molar-refractivity contribution >= 4 is 5.57 Å². The van der Waals surface area contributed by atoms with Crippen LogP contribution in [0.25, 0.3) is 16.7 Å². The van der Waals surface area contributed by atoms with Crippen LogP contribution in [0.2, 0.25) is 0 Å². The summed E-state index contributed by atoms with van der Waals surface area (Å²) in [6.07, 6.45) is 7.86. The van der Waals surface area contributed by atoms with Crippen LogP contribution in [-0.2, 0) is 0 Å². The number of hydrogen-bond donors (Lipinski definition) is 1. The summed E-state index contributed by atoms with van der Waals surface area (Å²) in [5, 5.41) is 3.17. The Balaban J connectivity index is 1.56. The van der Waals surface area contributed by atoms with Crippen LogP contribution >= 0.6 is 0 Å². The molecule has 0 aliphatic heterocycles. The molecule has 1 aliphatic rings. The number of fused-ring (bicyclic) bond motifs is 3. The predicted octanol–water partition coefficient (Wildman–Crippen LogP) is 5.05. The molecule has 2 nitrogen and oxygen atoms in total. The van der Waals surface area contributed by atoms with E-state index in [0.717, 1.165) is 24.3 Å². The van der Waals surface area contributed by atoms with Gasteiger partial charge in [0.15, 0.2) is 0 Å². The molecule has 2 aromatic rings. The van der Waals surface area contributed by atoms with Crippen molar-refractivity contribution in [3.8, 4) is 16.9 Å². The van der Waals surface area contributed by atoms with E-state index in [9.17, 15) is 0 Å². The second-order valence-corrected chi connectivity index (χ2v) is 6.11. The van der Waals surface area contributed by atoms with Crippen LogP contribution in [0, 0.1) is 0 Å². The number of allylic oxidation sites excluding steroid dienone is 1. The maximum atomic E-state index is 5.87. The monoisotopic (exact) mass is 319 g/mol. The molecule has 0 saturated carbocycles. The molecule has 3 rings (SSSR count). The number of benzene rings is 2. The maximum Gasteiger partial charge on any atom is 0.120 e. The first-order valence-electron chi connectivity index (χ1n) is 8.67. The minimum absolute atomic E-state index is 0.615. The SMILES string of the molecule is C=C1c2ccccc2-c2ccc(OC/C=C\CCCCNC)cc21. The summed E-state index contributed by atoms with van der Waals surface area (Å²) in [5.74, 6) is 0.905. The lowest BCUT2D eigenvalue weighted by Gasteiger charge is -2.07. The summed E-state index contributed by atoms with van der Waals surface area (Å²) < 4.78 is 5.87. The van der Waals surface area contributed by atoms with Gasteiger partial charge < -0.3 is 10.1 Å². The molecule has 0 atom stereocenters. The Labute approximate surface area is 144 Å². The maximum absolute atomic E-state index is 5.87. The summed E-state index contributed by atoms with van der Waals surface area (Å²) in [6.45, 7) is 5.95. The highest BCUT2D eigenvalue weighted by molar-refractivity contribution is 6.00. The highest BCUT2D eigenvalue weighted by Crippen LogP contribution is 2.44. The number of hydrogen-bond acceptors (Lipinski definition) is 2. The van der Waals surface area contributed by atoms with Crippen LogP contribution in [0.4, 0.5) is 0 Å². The number of unbranched alkanes of at least 4 members (excludes halogenated alkanes) is 2. The molecule has 0 radical (unpaired) electrons. The molecule has 0 saturated heterocycles. The van der Waals surface area contributed by atoms with Gasteiger partial charge in [0, 0.05) is 0 Å².